The molecule has 0 aromatic carbocycles. The molecular weight excluding hydrogens is 144 g/mol. The second-order valence-corrected chi connectivity index (χ2v) is 4.44. The van der Waals surface area contributed by atoms with Crippen molar-refractivity contribution in [3.05, 3.63) is 0 Å². The van der Waals surface area contributed by atoms with E-state index in [4.69, 9.17) is 4.74 Å². The Morgan fingerprint density at radius 3 is 2.90 bits per heavy atom. The number of ether oxygens (including phenoxy) is 1. The van der Waals surface area contributed by atoms with E-state index < -0.39 is 0 Å². The van der Waals surface area contributed by atoms with Gasteiger partial charge in [0.25, 0.3) is 0 Å². The molecule has 1 saturated heterocycles. The van der Waals surface area contributed by atoms with Crippen LogP contribution in [0.3, 0.4) is 0 Å². The third-order valence-electron chi connectivity index (χ3n) is 1.50. The molecule has 1 aliphatic heterocycles. The van der Waals surface area contributed by atoms with E-state index in [0.717, 1.165) is 6.61 Å². The molecule has 0 aliphatic carbocycles. The van der Waals surface area contributed by atoms with Crippen LogP contribution in [0.15, 0.2) is 0 Å². The standard InChI is InChI=1S/C8H16OS/c1-7(2)6-9-8-4-3-5-10-8/h7-8H,3-6H2,1-2H3. The van der Waals surface area contributed by atoms with Gasteiger partial charge in [-0.25, -0.2) is 0 Å². The zero-order chi connectivity index (χ0) is 7.40. The molecule has 0 bridgehead atoms. The van der Waals surface area contributed by atoms with Gasteiger partial charge in [-0.2, -0.15) is 0 Å². The lowest BCUT2D eigenvalue weighted by molar-refractivity contribution is 0.0889. The minimum absolute atomic E-state index is 0.516. The Kier molecular flexibility index (Phi) is 3.57. The summed E-state index contributed by atoms with van der Waals surface area (Å²) in [7, 11) is 0. The summed E-state index contributed by atoms with van der Waals surface area (Å²) in [5.41, 5.74) is 0.516. The smallest absolute Gasteiger partial charge is 0.103 e. The molecule has 0 N–H and O–H groups in total. The Morgan fingerprint density at radius 2 is 2.40 bits per heavy atom. The van der Waals surface area contributed by atoms with Crippen molar-refractivity contribution in [2.45, 2.75) is 32.1 Å². The first-order chi connectivity index (χ1) is 4.79. The molecule has 0 amide bonds. The van der Waals surface area contributed by atoms with E-state index in [1.807, 2.05) is 11.8 Å². The van der Waals surface area contributed by atoms with Crippen LogP contribution in [-0.2, 0) is 4.74 Å². The Labute approximate surface area is 67.5 Å². The van der Waals surface area contributed by atoms with Crippen molar-refractivity contribution < 1.29 is 4.74 Å². The van der Waals surface area contributed by atoms with Crippen molar-refractivity contribution in [1.82, 2.24) is 0 Å². The van der Waals surface area contributed by atoms with Gasteiger partial charge in [0.1, 0.15) is 5.44 Å². The predicted molar refractivity (Wildman–Crippen MR) is 46.3 cm³/mol. The summed E-state index contributed by atoms with van der Waals surface area (Å²) >= 11 is 1.96. The minimum Gasteiger partial charge on any atom is -0.367 e. The van der Waals surface area contributed by atoms with Crippen LogP contribution in [0, 0.1) is 5.92 Å². The fraction of sp³-hybridized carbons (Fsp3) is 1.00. The van der Waals surface area contributed by atoms with E-state index in [-0.39, 0.29) is 0 Å². The van der Waals surface area contributed by atoms with Crippen LogP contribution in [0.1, 0.15) is 26.7 Å². The molecule has 1 heterocycles. The van der Waals surface area contributed by atoms with Crippen molar-refractivity contribution in [3.63, 3.8) is 0 Å². The van der Waals surface area contributed by atoms with Crippen LogP contribution in [0.5, 0.6) is 0 Å². The molecule has 0 saturated carbocycles. The maximum absolute atomic E-state index is 5.63. The van der Waals surface area contributed by atoms with E-state index >= 15 is 0 Å². The maximum atomic E-state index is 5.63. The fourth-order valence-corrected chi connectivity index (χ4v) is 2.08. The monoisotopic (exact) mass is 160 g/mol. The summed E-state index contributed by atoms with van der Waals surface area (Å²) in [5, 5.41) is 0. The molecule has 0 radical (unpaired) electrons. The Bertz CT molecular complexity index is 87.3. The number of hydrogen-bond acceptors (Lipinski definition) is 2. The van der Waals surface area contributed by atoms with Crippen molar-refractivity contribution >= 4 is 11.8 Å². The van der Waals surface area contributed by atoms with Crippen LogP contribution < -0.4 is 0 Å². The number of hydrogen-bond donors (Lipinski definition) is 0. The van der Waals surface area contributed by atoms with Gasteiger partial charge in [0.05, 0.1) is 6.61 Å². The molecule has 0 aromatic heterocycles. The van der Waals surface area contributed by atoms with Gasteiger partial charge < -0.3 is 4.74 Å². The van der Waals surface area contributed by atoms with Crippen molar-refractivity contribution in [1.29, 1.82) is 0 Å². The normalized spacial score (nSPS) is 26.1. The van der Waals surface area contributed by atoms with E-state index in [9.17, 15) is 0 Å². The summed E-state index contributed by atoms with van der Waals surface area (Å²) in [6.07, 6.45) is 2.60. The molecular formula is C8H16OS. The van der Waals surface area contributed by atoms with Gasteiger partial charge >= 0.3 is 0 Å². The van der Waals surface area contributed by atoms with Crippen LogP contribution >= 0.6 is 11.8 Å². The third-order valence-corrected chi connectivity index (χ3v) is 2.77. The number of rotatable bonds is 3. The second-order valence-electron chi connectivity index (χ2n) is 3.17. The van der Waals surface area contributed by atoms with E-state index in [1.54, 1.807) is 0 Å². The van der Waals surface area contributed by atoms with Crippen molar-refractivity contribution in [3.8, 4) is 0 Å². The van der Waals surface area contributed by atoms with Crippen LogP contribution in [0.25, 0.3) is 0 Å². The van der Waals surface area contributed by atoms with Crippen LogP contribution in [0.4, 0.5) is 0 Å². The first-order valence-corrected chi connectivity index (χ1v) is 5.07. The molecule has 2 heteroatoms. The van der Waals surface area contributed by atoms with Gasteiger partial charge in [0.2, 0.25) is 0 Å². The molecule has 1 nitrogen and oxygen atoms in total. The highest BCUT2D eigenvalue weighted by Crippen LogP contribution is 2.27. The Balaban J connectivity index is 2.01. The summed E-state index contributed by atoms with van der Waals surface area (Å²) < 4.78 is 5.63. The highest BCUT2D eigenvalue weighted by molar-refractivity contribution is 8.00. The number of thioether (sulfide) groups is 1. The first kappa shape index (κ1) is 8.41. The topological polar surface area (TPSA) is 9.23 Å². The average Bonchev–Trinajstić information content (AvgIpc) is 2.34. The van der Waals surface area contributed by atoms with Gasteiger partial charge in [-0.15, -0.1) is 11.8 Å². The van der Waals surface area contributed by atoms with Gasteiger partial charge in [-0.1, -0.05) is 13.8 Å². The van der Waals surface area contributed by atoms with Crippen LogP contribution in [-0.4, -0.2) is 17.8 Å². The molecule has 1 unspecified atom stereocenters. The van der Waals surface area contributed by atoms with Gasteiger partial charge in [0, 0.05) is 0 Å². The predicted octanol–water partition coefficient (Wildman–Crippen LogP) is 2.51. The molecule has 10 heavy (non-hydrogen) atoms. The summed E-state index contributed by atoms with van der Waals surface area (Å²) in [4.78, 5) is 0. The van der Waals surface area contributed by atoms with Gasteiger partial charge in [0.15, 0.2) is 0 Å². The SMILES string of the molecule is CC(C)COC1CCCS1. The molecule has 1 atom stereocenters. The maximum Gasteiger partial charge on any atom is 0.103 e. The van der Waals surface area contributed by atoms with Crippen molar-refractivity contribution in [2.24, 2.45) is 5.92 Å². The lowest BCUT2D eigenvalue weighted by atomic mass is 10.2. The van der Waals surface area contributed by atoms with Crippen molar-refractivity contribution in [2.75, 3.05) is 12.4 Å². The Hall–Kier alpha value is 0.310. The zero-order valence-electron chi connectivity index (χ0n) is 6.80. The quantitative estimate of drug-likeness (QED) is 0.627. The van der Waals surface area contributed by atoms with E-state index in [1.165, 1.54) is 18.6 Å². The lowest BCUT2D eigenvalue weighted by Crippen LogP contribution is -2.09. The second kappa shape index (κ2) is 4.24. The Morgan fingerprint density at radius 1 is 1.60 bits per heavy atom. The largest absolute Gasteiger partial charge is 0.367 e. The van der Waals surface area contributed by atoms with Gasteiger partial charge in [-0.3, -0.25) is 0 Å². The molecule has 0 aromatic rings. The average molecular weight is 160 g/mol. The minimum atomic E-state index is 0.516. The highest BCUT2D eigenvalue weighted by Gasteiger charge is 2.15. The lowest BCUT2D eigenvalue weighted by Gasteiger charge is -2.11. The molecule has 60 valence electrons. The first-order valence-electron chi connectivity index (χ1n) is 4.02. The van der Waals surface area contributed by atoms with E-state index in [2.05, 4.69) is 13.8 Å². The summed E-state index contributed by atoms with van der Waals surface area (Å²) in [5.74, 6) is 1.98. The highest BCUT2D eigenvalue weighted by atomic mass is 32.2. The summed E-state index contributed by atoms with van der Waals surface area (Å²) in [6, 6.07) is 0. The molecule has 0 spiro atoms. The zero-order valence-corrected chi connectivity index (χ0v) is 7.62. The molecule has 1 aliphatic rings. The van der Waals surface area contributed by atoms with E-state index in [0.29, 0.717) is 11.4 Å². The summed E-state index contributed by atoms with van der Waals surface area (Å²) in [6.45, 7) is 5.32. The molecule has 1 fully saturated rings. The fourth-order valence-electron chi connectivity index (χ4n) is 0.979. The van der Waals surface area contributed by atoms with Gasteiger partial charge in [-0.05, 0) is 24.5 Å². The third kappa shape index (κ3) is 2.93. The van der Waals surface area contributed by atoms with Crippen LogP contribution in [0.2, 0.25) is 0 Å². The molecule has 1 rings (SSSR count).